The van der Waals surface area contributed by atoms with Crippen LogP contribution in [0.25, 0.3) is 0 Å². The highest BCUT2D eigenvalue weighted by Crippen LogP contribution is 2.46. The van der Waals surface area contributed by atoms with Gasteiger partial charge in [-0.15, -0.1) is 0 Å². The SMILES string of the molecule is O=P(O)(O)COS(=O)(=O)c1ccccc1C(F)(F)C(F)(F)F. The average molecular weight is 370 g/mol. The molecule has 0 fully saturated rings. The summed E-state index contributed by atoms with van der Waals surface area (Å²) in [5.74, 6) is -5.50. The van der Waals surface area contributed by atoms with Crippen LogP contribution in [0.3, 0.4) is 0 Å². The highest BCUT2D eigenvalue weighted by atomic mass is 32.2. The zero-order chi connectivity index (χ0) is 17.4. The van der Waals surface area contributed by atoms with Crippen LogP contribution < -0.4 is 0 Å². The maximum atomic E-state index is 13.3. The largest absolute Gasteiger partial charge is 0.458 e. The van der Waals surface area contributed by atoms with E-state index in [0.29, 0.717) is 6.07 Å². The Morgan fingerprint density at radius 3 is 2.05 bits per heavy atom. The van der Waals surface area contributed by atoms with Gasteiger partial charge in [0.1, 0.15) is 4.90 Å². The van der Waals surface area contributed by atoms with Gasteiger partial charge in [0.25, 0.3) is 10.1 Å². The molecule has 13 heteroatoms. The molecule has 0 amide bonds. The van der Waals surface area contributed by atoms with Crippen molar-refractivity contribution >= 4 is 17.7 Å². The van der Waals surface area contributed by atoms with Gasteiger partial charge in [-0.1, -0.05) is 18.2 Å². The van der Waals surface area contributed by atoms with E-state index in [-0.39, 0.29) is 6.07 Å². The van der Waals surface area contributed by atoms with Gasteiger partial charge in [-0.05, 0) is 6.07 Å². The molecule has 0 heterocycles. The molecule has 2 N–H and O–H groups in total. The lowest BCUT2D eigenvalue weighted by Crippen LogP contribution is -2.35. The molecule has 22 heavy (non-hydrogen) atoms. The Morgan fingerprint density at radius 2 is 1.59 bits per heavy atom. The monoisotopic (exact) mass is 370 g/mol. The third kappa shape index (κ3) is 4.23. The Labute approximate surface area is 120 Å². The summed E-state index contributed by atoms with van der Waals surface area (Å²) < 4.78 is 101. The first-order chi connectivity index (χ1) is 9.68. The second-order valence-electron chi connectivity index (χ2n) is 3.93. The van der Waals surface area contributed by atoms with Crippen molar-refractivity contribution in [1.29, 1.82) is 0 Å². The van der Waals surface area contributed by atoms with Gasteiger partial charge in [0.05, 0.1) is 5.56 Å². The molecule has 0 aliphatic carbocycles. The van der Waals surface area contributed by atoms with Gasteiger partial charge >= 0.3 is 19.7 Å². The summed E-state index contributed by atoms with van der Waals surface area (Å²) in [7, 11) is -10.2. The molecule has 0 aromatic heterocycles. The Morgan fingerprint density at radius 1 is 1.09 bits per heavy atom. The number of alkyl halides is 5. The summed E-state index contributed by atoms with van der Waals surface area (Å²) in [4.78, 5) is 15.4. The van der Waals surface area contributed by atoms with Crippen LogP contribution in [0.5, 0.6) is 0 Å². The normalized spacial score (nSPS) is 14.1. The number of hydrogen-bond donors (Lipinski definition) is 2. The minimum absolute atomic E-state index is 0.223. The number of halogens is 5. The first-order valence-corrected chi connectivity index (χ1v) is 8.37. The molecule has 126 valence electrons. The zero-order valence-corrected chi connectivity index (χ0v) is 12.0. The fourth-order valence-corrected chi connectivity index (χ4v) is 3.24. The van der Waals surface area contributed by atoms with Crippen molar-refractivity contribution in [3.8, 4) is 0 Å². The summed E-state index contributed by atoms with van der Waals surface area (Å²) in [6.07, 6.45) is -7.76. The molecule has 0 atom stereocenters. The van der Waals surface area contributed by atoms with Crippen LogP contribution in [0.15, 0.2) is 29.2 Å². The average Bonchev–Trinajstić information content (AvgIpc) is 2.34. The van der Waals surface area contributed by atoms with Gasteiger partial charge in [0.15, 0.2) is 6.35 Å². The Balaban J connectivity index is 3.37. The fourth-order valence-electron chi connectivity index (χ4n) is 1.30. The van der Waals surface area contributed by atoms with Gasteiger partial charge in [0, 0.05) is 0 Å². The Kier molecular flexibility index (Phi) is 5.05. The molecule has 0 saturated carbocycles. The molecule has 0 saturated heterocycles. The molecule has 1 aromatic carbocycles. The molecule has 0 spiro atoms. The number of rotatable bonds is 5. The summed E-state index contributed by atoms with van der Waals surface area (Å²) in [6.45, 7) is 0. The first-order valence-electron chi connectivity index (χ1n) is 5.16. The standard InChI is InChI=1S/C9H8F5O6PS/c10-8(11,9(12,13)14)6-3-1-2-4-7(6)22(18,19)20-5-21(15,16)17/h1-4H,5H2,(H2,15,16,17). The first kappa shape index (κ1) is 19.0. The van der Waals surface area contributed by atoms with Crippen LogP contribution in [0, 0.1) is 0 Å². The maximum absolute atomic E-state index is 13.3. The van der Waals surface area contributed by atoms with E-state index < -0.39 is 46.6 Å². The smallest absolute Gasteiger partial charge is 0.323 e. The lowest BCUT2D eigenvalue weighted by molar-refractivity contribution is -0.290. The second-order valence-corrected chi connectivity index (χ2v) is 7.11. The van der Waals surface area contributed by atoms with E-state index in [1.807, 2.05) is 0 Å². The minimum Gasteiger partial charge on any atom is -0.323 e. The highest BCUT2D eigenvalue weighted by molar-refractivity contribution is 7.87. The minimum atomic E-state index is -6.07. The van der Waals surface area contributed by atoms with E-state index in [4.69, 9.17) is 9.79 Å². The molecule has 6 nitrogen and oxygen atoms in total. The zero-order valence-electron chi connectivity index (χ0n) is 10.3. The van der Waals surface area contributed by atoms with Crippen molar-refractivity contribution in [3.63, 3.8) is 0 Å². The Hall–Kier alpha value is -1.07. The molecule has 0 radical (unpaired) electrons. The predicted octanol–water partition coefficient (Wildman–Crippen LogP) is 2.18. The predicted molar refractivity (Wildman–Crippen MR) is 61.6 cm³/mol. The molecule has 0 aliphatic rings. The fraction of sp³-hybridized carbons (Fsp3) is 0.333. The third-order valence-corrected chi connectivity index (χ3v) is 4.19. The quantitative estimate of drug-likeness (QED) is 0.468. The molecular formula is C9H8F5O6PS. The summed E-state index contributed by atoms with van der Waals surface area (Å²) in [6, 6.07) is 2.23. The van der Waals surface area contributed by atoms with Crippen molar-refractivity contribution in [2.75, 3.05) is 6.35 Å². The summed E-state index contributed by atoms with van der Waals surface area (Å²) in [5.41, 5.74) is -1.91. The van der Waals surface area contributed by atoms with Crippen molar-refractivity contribution in [1.82, 2.24) is 0 Å². The molecule has 0 aliphatic heterocycles. The topological polar surface area (TPSA) is 101 Å². The van der Waals surface area contributed by atoms with Gasteiger partial charge in [-0.25, -0.2) is 0 Å². The summed E-state index contributed by atoms with van der Waals surface area (Å²) >= 11 is 0. The van der Waals surface area contributed by atoms with E-state index in [1.54, 1.807) is 0 Å². The Bertz CT molecular complexity index is 695. The lowest BCUT2D eigenvalue weighted by Gasteiger charge is -2.22. The van der Waals surface area contributed by atoms with Gasteiger partial charge in [-0.2, -0.15) is 30.4 Å². The van der Waals surface area contributed by atoms with Crippen molar-refractivity contribution in [2.45, 2.75) is 17.0 Å². The van der Waals surface area contributed by atoms with Crippen LogP contribution in [0.1, 0.15) is 5.56 Å². The lowest BCUT2D eigenvalue weighted by atomic mass is 10.1. The number of hydrogen-bond acceptors (Lipinski definition) is 4. The van der Waals surface area contributed by atoms with E-state index in [0.717, 1.165) is 12.1 Å². The van der Waals surface area contributed by atoms with E-state index in [9.17, 15) is 34.9 Å². The van der Waals surface area contributed by atoms with Crippen LogP contribution in [-0.4, -0.2) is 30.7 Å². The molecule has 0 unspecified atom stereocenters. The second kappa shape index (κ2) is 5.85. The molecular weight excluding hydrogens is 362 g/mol. The van der Waals surface area contributed by atoms with Gasteiger partial charge in [0.2, 0.25) is 0 Å². The van der Waals surface area contributed by atoms with Crippen molar-refractivity contribution in [3.05, 3.63) is 29.8 Å². The van der Waals surface area contributed by atoms with Crippen molar-refractivity contribution in [2.24, 2.45) is 0 Å². The van der Waals surface area contributed by atoms with E-state index in [1.165, 1.54) is 0 Å². The van der Waals surface area contributed by atoms with Gasteiger partial charge in [-0.3, -0.25) is 8.75 Å². The van der Waals surface area contributed by atoms with Gasteiger partial charge < -0.3 is 9.79 Å². The van der Waals surface area contributed by atoms with Crippen molar-refractivity contribution < 1.29 is 48.9 Å². The molecule has 1 rings (SSSR count). The maximum Gasteiger partial charge on any atom is 0.458 e. The summed E-state index contributed by atoms with van der Waals surface area (Å²) in [5, 5.41) is 0. The molecule has 0 bridgehead atoms. The molecule has 1 aromatic rings. The third-order valence-electron chi connectivity index (χ3n) is 2.23. The van der Waals surface area contributed by atoms with Crippen LogP contribution in [-0.2, 0) is 24.8 Å². The highest BCUT2D eigenvalue weighted by Gasteiger charge is 2.60. The van der Waals surface area contributed by atoms with E-state index >= 15 is 0 Å². The number of benzene rings is 1. The van der Waals surface area contributed by atoms with Crippen LogP contribution >= 0.6 is 7.60 Å². The van der Waals surface area contributed by atoms with Crippen LogP contribution in [0.4, 0.5) is 22.0 Å². The van der Waals surface area contributed by atoms with E-state index in [2.05, 4.69) is 4.18 Å². The van der Waals surface area contributed by atoms with Crippen LogP contribution in [0.2, 0.25) is 0 Å².